The molecule has 2 heterocycles. The van der Waals surface area contributed by atoms with Crippen molar-refractivity contribution in [1.82, 2.24) is 9.29 Å². The number of rotatable bonds is 8. The zero-order valence-electron chi connectivity index (χ0n) is 16.3. The van der Waals surface area contributed by atoms with Gasteiger partial charge in [-0.15, -0.1) is 11.8 Å². The van der Waals surface area contributed by atoms with E-state index in [0.717, 1.165) is 24.3 Å². The molecule has 0 unspecified atom stereocenters. The van der Waals surface area contributed by atoms with Crippen molar-refractivity contribution in [3.05, 3.63) is 42.6 Å². The Bertz CT molecular complexity index is 930. The summed E-state index contributed by atoms with van der Waals surface area (Å²) >= 11 is 1.50. The number of hydrogen-bond donors (Lipinski definition) is 1. The van der Waals surface area contributed by atoms with Gasteiger partial charge in [-0.25, -0.2) is 13.4 Å². The van der Waals surface area contributed by atoms with Gasteiger partial charge in [0.05, 0.1) is 12.1 Å². The molecule has 0 bridgehead atoms. The van der Waals surface area contributed by atoms with Gasteiger partial charge in [0.25, 0.3) is 0 Å². The number of thioether (sulfide) groups is 1. The van der Waals surface area contributed by atoms with E-state index in [2.05, 4.69) is 10.3 Å². The van der Waals surface area contributed by atoms with Crippen molar-refractivity contribution in [2.24, 2.45) is 0 Å². The van der Waals surface area contributed by atoms with Crippen LogP contribution in [0.15, 0.2) is 52.5 Å². The summed E-state index contributed by atoms with van der Waals surface area (Å²) in [7, 11) is -2.23. The van der Waals surface area contributed by atoms with Gasteiger partial charge in [-0.2, -0.15) is 4.31 Å². The third-order valence-corrected chi connectivity index (χ3v) is 7.46. The summed E-state index contributed by atoms with van der Waals surface area (Å²) in [6, 6.07) is 10.3. The van der Waals surface area contributed by atoms with E-state index < -0.39 is 10.0 Å². The molecular formula is C20H25N3O4S2. The molecule has 0 aliphatic carbocycles. The van der Waals surface area contributed by atoms with Crippen molar-refractivity contribution in [3.8, 4) is 5.75 Å². The number of sulfonamides is 1. The van der Waals surface area contributed by atoms with Crippen LogP contribution >= 0.6 is 11.8 Å². The summed E-state index contributed by atoms with van der Waals surface area (Å²) in [4.78, 5) is 16.6. The lowest BCUT2D eigenvalue weighted by Crippen LogP contribution is -2.35. The van der Waals surface area contributed by atoms with E-state index in [-0.39, 0.29) is 16.6 Å². The van der Waals surface area contributed by atoms with Crippen molar-refractivity contribution in [3.63, 3.8) is 0 Å². The Morgan fingerprint density at radius 1 is 1.21 bits per heavy atom. The van der Waals surface area contributed by atoms with Gasteiger partial charge in [0, 0.05) is 37.1 Å². The summed E-state index contributed by atoms with van der Waals surface area (Å²) < 4.78 is 32.9. The van der Waals surface area contributed by atoms with Crippen molar-refractivity contribution >= 4 is 33.4 Å². The van der Waals surface area contributed by atoms with Crippen LogP contribution in [0, 0.1) is 0 Å². The predicted molar refractivity (Wildman–Crippen MR) is 114 cm³/mol. The number of ether oxygens (including phenoxy) is 1. The maximum atomic E-state index is 13.1. The first-order valence-electron chi connectivity index (χ1n) is 9.52. The van der Waals surface area contributed by atoms with E-state index in [1.54, 1.807) is 18.3 Å². The van der Waals surface area contributed by atoms with E-state index in [0.29, 0.717) is 31.0 Å². The summed E-state index contributed by atoms with van der Waals surface area (Å²) in [5, 5.41) is 3.64. The second-order valence-corrected chi connectivity index (χ2v) is 9.67. The third-order valence-electron chi connectivity index (χ3n) is 4.60. The summed E-state index contributed by atoms with van der Waals surface area (Å²) in [5.41, 5.74) is 0.439. The quantitative estimate of drug-likeness (QED) is 0.640. The number of nitrogens with one attached hydrogen (secondary N) is 1. The molecule has 1 amide bonds. The Hall–Kier alpha value is -2.10. The number of carbonyl (C=O) groups excluding carboxylic acids is 1. The predicted octanol–water partition coefficient (Wildman–Crippen LogP) is 3.39. The van der Waals surface area contributed by atoms with Crippen molar-refractivity contribution in [2.45, 2.75) is 35.6 Å². The molecule has 1 aromatic carbocycles. The van der Waals surface area contributed by atoms with Crippen LogP contribution in [0.1, 0.15) is 25.7 Å². The topological polar surface area (TPSA) is 88.6 Å². The second-order valence-electron chi connectivity index (χ2n) is 6.64. The van der Waals surface area contributed by atoms with E-state index >= 15 is 0 Å². The van der Waals surface area contributed by atoms with Crippen LogP contribution in [-0.2, 0) is 14.8 Å². The molecule has 1 saturated heterocycles. The van der Waals surface area contributed by atoms with Crippen LogP contribution in [0.3, 0.4) is 0 Å². The molecular weight excluding hydrogens is 410 g/mol. The molecule has 0 spiro atoms. The Labute approximate surface area is 175 Å². The van der Waals surface area contributed by atoms with Gasteiger partial charge in [-0.05, 0) is 43.2 Å². The van der Waals surface area contributed by atoms with Gasteiger partial charge >= 0.3 is 0 Å². The summed E-state index contributed by atoms with van der Waals surface area (Å²) in [6.45, 7) is 1.01. The number of pyridine rings is 1. The van der Waals surface area contributed by atoms with Crippen LogP contribution < -0.4 is 10.1 Å². The van der Waals surface area contributed by atoms with E-state index in [1.165, 1.54) is 29.2 Å². The Morgan fingerprint density at radius 2 is 2.00 bits per heavy atom. The van der Waals surface area contributed by atoms with Gasteiger partial charge in [0.1, 0.15) is 10.6 Å². The number of hydrogen-bond acceptors (Lipinski definition) is 6. The van der Waals surface area contributed by atoms with Crippen molar-refractivity contribution < 1.29 is 17.9 Å². The zero-order valence-corrected chi connectivity index (χ0v) is 18.0. The first-order valence-corrected chi connectivity index (χ1v) is 11.9. The van der Waals surface area contributed by atoms with Gasteiger partial charge in [0.2, 0.25) is 15.9 Å². The fourth-order valence-corrected chi connectivity index (χ4v) is 5.61. The van der Waals surface area contributed by atoms with Crippen molar-refractivity contribution in [1.29, 1.82) is 0 Å². The molecule has 1 N–H and O–H groups in total. The number of nitrogens with zero attached hydrogens (tertiary/aromatic N) is 2. The van der Waals surface area contributed by atoms with Crippen molar-refractivity contribution in [2.75, 3.05) is 31.3 Å². The largest absolute Gasteiger partial charge is 0.495 e. The molecule has 9 heteroatoms. The van der Waals surface area contributed by atoms with Crippen LogP contribution in [-0.4, -0.2) is 49.6 Å². The molecule has 1 aliphatic rings. The lowest BCUT2D eigenvalue weighted by molar-refractivity contribution is -0.115. The molecule has 7 nitrogen and oxygen atoms in total. The average molecular weight is 436 g/mol. The minimum atomic E-state index is -3.67. The minimum Gasteiger partial charge on any atom is -0.495 e. The van der Waals surface area contributed by atoms with Crippen LogP contribution in [0.4, 0.5) is 5.69 Å². The monoisotopic (exact) mass is 435 g/mol. The zero-order chi connectivity index (χ0) is 20.7. The number of methoxy groups -OCH3 is 1. The maximum Gasteiger partial charge on any atom is 0.246 e. The van der Waals surface area contributed by atoms with Gasteiger partial charge in [0.15, 0.2) is 0 Å². The number of amides is 1. The van der Waals surface area contributed by atoms with Crippen LogP contribution in [0.25, 0.3) is 0 Å². The van der Waals surface area contributed by atoms with E-state index in [1.807, 2.05) is 18.2 Å². The fraction of sp³-hybridized carbons (Fsp3) is 0.400. The molecule has 1 fully saturated rings. The molecule has 29 heavy (non-hydrogen) atoms. The molecule has 0 atom stereocenters. The normalized spacial score (nSPS) is 15.1. The van der Waals surface area contributed by atoms with Crippen LogP contribution in [0.2, 0.25) is 0 Å². The number of anilines is 1. The Kier molecular flexibility index (Phi) is 7.51. The highest BCUT2D eigenvalue weighted by molar-refractivity contribution is 7.99. The standard InChI is InChI=1S/C20H25N3O4S2/c1-27-17-9-8-16(15-18(17)29(25,26)23-12-5-2-6-13-23)22-19(24)10-14-28-20-7-3-4-11-21-20/h3-4,7-9,11,15H,2,5-6,10,12-14H2,1H3,(H,22,24). The van der Waals surface area contributed by atoms with Gasteiger partial charge in [-0.3, -0.25) is 4.79 Å². The lowest BCUT2D eigenvalue weighted by Gasteiger charge is -2.26. The SMILES string of the molecule is COc1ccc(NC(=O)CCSc2ccccn2)cc1S(=O)(=O)N1CCCCC1. The number of aromatic nitrogens is 1. The van der Waals surface area contributed by atoms with Gasteiger partial charge in [-0.1, -0.05) is 12.5 Å². The molecule has 3 rings (SSSR count). The van der Waals surface area contributed by atoms with E-state index in [9.17, 15) is 13.2 Å². The van der Waals surface area contributed by atoms with E-state index in [4.69, 9.17) is 4.74 Å². The number of benzene rings is 1. The number of piperidine rings is 1. The summed E-state index contributed by atoms with van der Waals surface area (Å²) in [6.07, 6.45) is 4.75. The highest BCUT2D eigenvalue weighted by Gasteiger charge is 2.29. The maximum absolute atomic E-state index is 13.1. The smallest absolute Gasteiger partial charge is 0.246 e. The van der Waals surface area contributed by atoms with Crippen LogP contribution in [0.5, 0.6) is 5.75 Å². The summed E-state index contributed by atoms with van der Waals surface area (Å²) in [5.74, 6) is 0.678. The minimum absolute atomic E-state index is 0.0857. The highest BCUT2D eigenvalue weighted by atomic mass is 32.2. The molecule has 0 saturated carbocycles. The molecule has 1 aliphatic heterocycles. The fourth-order valence-electron chi connectivity index (χ4n) is 3.10. The molecule has 156 valence electrons. The average Bonchev–Trinajstić information content (AvgIpc) is 2.75. The Morgan fingerprint density at radius 3 is 2.69 bits per heavy atom. The second kappa shape index (κ2) is 10.1. The Balaban J connectivity index is 1.67. The third kappa shape index (κ3) is 5.71. The number of carbonyl (C=O) groups is 1. The highest BCUT2D eigenvalue weighted by Crippen LogP contribution is 2.31. The van der Waals surface area contributed by atoms with Gasteiger partial charge < -0.3 is 10.1 Å². The first kappa shape index (κ1) is 21.6. The molecule has 1 aromatic heterocycles. The lowest BCUT2D eigenvalue weighted by atomic mass is 10.2. The molecule has 0 radical (unpaired) electrons. The molecule has 2 aromatic rings. The first-order chi connectivity index (χ1) is 14.0.